The Balaban J connectivity index is 2.01. The van der Waals surface area contributed by atoms with Gasteiger partial charge in [0.25, 0.3) is 0 Å². The molecule has 78 valence electrons. The van der Waals surface area contributed by atoms with Crippen LogP contribution in [0.25, 0.3) is 11.0 Å². The minimum atomic E-state index is 0.945. The summed E-state index contributed by atoms with van der Waals surface area (Å²) in [5, 5.41) is 1.18. The van der Waals surface area contributed by atoms with Crippen LogP contribution in [0.15, 0.2) is 75.1 Å². The van der Waals surface area contributed by atoms with E-state index in [-0.39, 0.29) is 0 Å². The Morgan fingerprint density at radius 2 is 1.56 bits per heavy atom. The maximum atomic E-state index is 5.50. The van der Waals surface area contributed by atoms with E-state index in [4.69, 9.17) is 4.42 Å². The van der Waals surface area contributed by atoms with Gasteiger partial charge >= 0.3 is 0 Å². The summed E-state index contributed by atoms with van der Waals surface area (Å²) in [6.45, 7) is 0. The van der Waals surface area contributed by atoms with Crippen LogP contribution in [0.4, 0.5) is 0 Å². The molecule has 16 heavy (non-hydrogen) atoms. The third-order valence-electron chi connectivity index (χ3n) is 2.42. The lowest BCUT2D eigenvalue weighted by atomic mass is 10.3. The summed E-state index contributed by atoms with van der Waals surface area (Å²) in [5.41, 5.74) is 0.945. The number of hydrogen-bond acceptors (Lipinski definition) is 2. The van der Waals surface area contributed by atoms with Crippen LogP contribution >= 0.6 is 11.8 Å². The van der Waals surface area contributed by atoms with E-state index < -0.39 is 0 Å². The Labute approximate surface area is 98.1 Å². The van der Waals surface area contributed by atoms with Crippen LogP contribution in [-0.4, -0.2) is 0 Å². The molecule has 0 N–H and O–H groups in total. The molecule has 0 aliphatic carbocycles. The SMILES string of the molecule is c1ccc(Sc2coc3ccccc23)cc1. The largest absolute Gasteiger partial charge is 0.463 e. The monoisotopic (exact) mass is 226 g/mol. The lowest BCUT2D eigenvalue weighted by Gasteiger charge is -1.97. The van der Waals surface area contributed by atoms with Crippen molar-refractivity contribution in [2.45, 2.75) is 9.79 Å². The van der Waals surface area contributed by atoms with Gasteiger partial charge in [0.2, 0.25) is 0 Å². The van der Waals surface area contributed by atoms with Crippen molar-refractivity contribution in [3.63, 3.8) is 0 Å². The van der Waals surface area contributed by atoms with Crippen molar-refractivity contribution in [1.82, 2.24) is 0 Å². The first-order valence-corrected chi connectivity index (χ1v) is 5.94. The fourth-order valence-corrected chi connectivity index (χ4v) is 2.57. The lowest BCUT2D eigenvalue weighted by molar-refractivity contribution is 0.608. The highest BCUT2D eigenvalue weighted by Crippen LogP contribution is 2.34. The fourth-order valence-electron chi connectivity index (χ4n) is 1.65. The van der Waals surface area contributed by atoms with Crippen LogP contribution in [0, 0.1) is 0 Å². The highest BCUT2D eigenvalue weighted by molar-refractivity contribution is 7.99. The van der Waals surface area contributed by atoms with Crippen molar-refractivity contribution >= 4 is 22.7 Å². The first-order valence-electron chi connectivity index (χ1n) is 5.12. The van der Waals surface area contributed by atoms with Gasteiger partial charge in [-0.15, -0.1) is 0 Å². The molecular formula is C14H10OS. The van der Waals surface area contributed by atoms with E-state index in [0.717, 1.165) is 5.58 Å². The van der Waals surface area contributed by atoms with Crippen molar-refractivity contribution in [3.8, 4) is 0 Å². The van der Waals surface area contributed by atoms with Crippen LogP contribution in [0.3, 0.4) is 0 Å². The minimum Gasteiger partial charge on any atom is -0.463 e. The van der Waals surface area contributed by atoms with E-state index in [2.05, 4.69) is 18.2 Å². The van der Waals surface area contributed by atoms with Crippen LogP contribution in [0.1, 0.15) is 0 Å². The number of benzene rings is 2. The Hall–Kier alpha value is -1.67. The predicted octanol–water partition coefficient (Wildman–Crippen LogP) is 4.58. The molecule has 0 aliphatic heterocycles. The summed E-state index contributed by atoms with van der Waals surface area (Å²) in [4.78, 5) is 2.40. The number of para-hydroxylation sites is 1. The average Bonchev–Trinajstić information content (AvgIpc) is 2.74. The number of rotatable bonds is 2. The molecule has 0 amide bonds. The molecule has 0 unspecified atom stereocenters. The van der Waals surface area contributed by atoms with Crippen molar-refractivity contribution in [1.29, 1.82) is 0 Å². The average molecular weight is 226 g/mol. The second-order valence-electron chi connectivity index (χ2n) is 3.51. The third kappa shape index (κ3) is 1.72. The highest BCUT2D eigenvalue weighted by Gasteiger charge is 2.05. The Kier molecular flexibility index (Phi) is 2.43. The van der Waals surface area contributed by atoms with Crippen molar-refractivity contribution < 1.29 is 4.42 Å². The van der Waals surface area contributed by atoms with Crippen LogP contribution in [-0.2, 0) is 0 Å². The van der Waals surface area contributed by atoms with Gasteiger partial charge in [-0.2, -0.15) is 0 Å². The van der Waals surface area contributed by atoms with Gasteiger partial charge in [-0.1, -0.05) is 42.1 Å². The van der Waals surface area contributed by atoms with E-state index in [1.807, 2.05) is 42.7 Å². The normalized spacial score (nSPS) is 10.8. The molecule has 0 saturated carbocycles. The molecule has 0 atom stereocenters. The molecule has 0 spiro atoms. The molecule has 3 aromatic rings. The maximum absolute atomic E-state index is 5.50. The molecule has 3 rings (SSSR count). The Morgan fingerprint density at radius 1 is 0.812 bits per heavy atom. The topological polar surface area (TPSA) is 13.1 Å². The predicted molar refractivity (Wildman–Crippen MR) is 66.8 cm³/mol. The zero-order valence-corrected chi connectivity index (χ0v) is 9.41. The van der Waals surface area contributed by atoms with Gasteiger partial charge in [0.05, 0.1) is 4.90 Å². The maximum Gasteiger partial charge on any atom is 0.135 e. The van der Waals surface area contributed by atoms with Crippen LogP contribution in [0.5, 0.6) is 0 Å². The Bertz CT molecular complexity index is 598. The summed E-state index contributed by atoms with van der Waals surface area (Å²) < 4.78 is 5.50. The summed E-state index contributed by atoms with van der Waals surface area (Å²) in [7, 11) is 0. The van der Waals surface area contributed by atoms with Crippen molar-refractivity contribution in [3.05, 3.63) is 60.9 Å². The molecule has 0 bridgehead atoms. The van der Waals surface area contributed by atoms with Crippen LogP contribution in [0.2, 0.25) is 0 Å². The first-order chi connectivity index (χ1) is 7.93. The molecule has 2 aromatic carbocycles. The molecule has 0 aliphatic rings. The van der Waals surface area contributed by atoms with Gasteiger partial charge in [-0.3, -0.25) is 0 Å². The van der Waals surface area contributed by atoms with E-state index in [0.29, 0.717) is 0 Å². The summed E-state index contributed by atoms with van der Waals surface area (Å²) in [6.07, 6.45) is 1.82. The van der Waals surface area contributed by atoms with Gasteiger partial charge in [0.1, 0.15) is 11.8 Å². The standard InChI is InChI=1S/C14H10OS/c1-2-6-11(7-3-1)16-14-10-15-13-9-5-4-8-12(13)14/h1-10H. The molecule has 1 heterocycles. The second kappa shape index (κ2) is 4.06. The summed E-state index contributed by atoms with van der Waals surface area (Å²) in [5.74, 6) is 0. The highest BCUT2D eigenvalue weighted by atomic mass is 32.2. The van der Waals surface area contributed by atoms with E-state index in [1.54, 1.807) is 11.8 Å². The van der Waals surface area contributed by atoms with Gasteiger partial charge in [0, 0.05) is 10.3 Å². The van der Waals surface area contributed by atoms with Crippen molar-refractivity contribution in [2.75, 3.05) is 0 Å². The van der Waals surface area contributed by atoms with Crippen molar-refractivity contribution in [2.24, 2.45) is 0 Å². The van der Waals surface area contributed by atoms with E-state index in [9.17, 15) is 0 Å². The molecule has 1 aromatic heterocycles. The summed E-state index contributed by atoms with van der Waals surface area (Å²) in [6, 6.07) is 18.4. The zero-order valence-electron chi connectivity index (χ0n) is 8.59. The lowest BCUT2D eigenvalue weighted by Crippen LogP contribution is -1.70. The minimum absolute atomic E-state index is 0.945. The van der Waals surface area contributed by atoms with Gasteiger partial charge < -0.3 is 4.42 Å². The van der Waals surface area contributed by atoms with Gasteiger partial charge in [-0.25, -0.2) is 0 Å². The number of hydrogen-bond donors (Lipinski definition) is 0. The molecule has 0 saturated heterocycles. The molecule has 0 fully saturated rings. The fraction of sp³-hybridized carbons (Fsp3) is 0. The first kappa shape index (κ1) is 9.55. The van der Waals surface area contributed by atoms with Gasteiger partial charge in [-0.05, 0) is 24.3 Å². The molecular weight excluding hydrogens is 216 g/mol. The Morgan fingerprint density at radius 3 is 2.44 bits per heavy atom. The third-order valence-corrected chi connectivity index (χ3v) is 3.46. The molecule has 1 nitrogen and oxygen atoms in total. The number of fused-ring (bicyclic) bond motifs is 1. The molecule has 0 radical (unpaired) electrons. The summed E-state index contributed by atoms with van der Waals surface area (Å²) >= 11 is 1.73. The van der Waals surface area contributed by atoms with Gasteiger partial charge in [0.15, 0.2) is 0 Å². The van der Waals surface area contributed by atoms with E-state index in [1.165, 1.54) is 15.2 Å². The van der Waals surface area contributed by atoms with E-state index >= 15 is 0 Å². The quantitative estimate of drug-likeness (QED) is 0.634. The van der Waals surface area contributed by atoms with Crippen LogP contribution < -0.4 is 0 Å². The molecule has 2 heteroatoms. The second-order valence-corrected chi connectivity index (χ2v) is 4.63. The smallest absolute Gasteiger partial charge is 0.135 e. The number of furan rings is 1. The zero-order chi connectivity index (χ0) is 10.8.